The van der Waals surface area contributed by atoms with Crippen molar-refractivity contribution in [1.29, 1.82) is 0 Å². The van der Waals surface area contributed by atoms with E-state index in [9.17, 15) is 9.59 Å². The van der Waals surface area contributed by atoms with Gasteiger partial charge >= 0.3 is 0 Å². The zero-order valence-electron chi connectivity index (χ0n) is 16.6. The molecule has 0 bridgehead atoms. The number of nitrogens with zero attached hydrogens (tertiary/aromatic N) is 3. The monoisotopic (exact) mass is 409 g/mol. The standard InChI is InChI=1S/C21H23N5O2S/c1-14-8-10-16(11-9-14)22-20(28)13-29-21-25-24-18(26(21)3)12-19(27)23-17-7-5-4-6-15(17)2/h4-11H,12-13H2,1-3H3,(H,22,28)(H,23,27). The molecule has 8 heteroatoms. The number of rotatable bonds is 7. The van der Waals surface area contributed by atoms with Crippen molar-refractivity contribution < 1.29 is 9.59 Å². The van der Waals surface area contributed by atoms with E-state index in [-0.39, 0.29) is 24.0 Å². The molecule has 2 N–H and O–H groups in total. The summed E-state index contributed by atoms with van der Waals surface area (Å²) in [6.45, 7) is 3.93. The molecule has 3 rings (SSSR count). The van der Waals surface area contributed by atoms with Crippen LogP contribution in [0.4, 0.5) is 11.4 Å². The van der Waals surface area contributed by atoms with Crippen LogP contribution >= 0.6 is 11.8 Å². The van der Waals surface area contributed by atoms with Crippen molar-refractivity contribution in [2.45, 2.75) is 25.4 Å². The summed E-state index contributed by atoms with van der Waals surface area (Å²) in [7, 11) is 1.79. The Kier molecular flexibility index (Phi) is 6.66. The first-order valence-corrected chi connectivity index (χ1v) is 10.1. The van der Waals surface area contributed by atoms with Crippen LogP contribution in [0, 0.1) is 13.8 Å². The first-order valence-electron chi connectivity index (χ1n) is 9.15. The number of carbonyl (C=O) groups excluding carboxylic acids is 2. The minimum atomic E-state index is -0.163. The molecule has 0 saturated heterocycles. The maximum Gasteiger partial charge on any atom is 0.234 e. The molecule has 2 aromatic carbocycles. The third kappa shape index (κ3) is 5.68. The zero-order valence-corrected chi connectivity index (χ0v) is 17.4. The van der Waals surface area contributed by atoms with Gasteiger partial charge in [0, 0.05) is 18.4 Å². The molecule has 0 aliphatic carbocycles. The molecular weight excluding hydrogens is 386 g/mol. The Morgan fingerprint density at radius 3 is 2.41 bits per heavy atom. The van der Waals surface area contributed by atoms with Crippen LogP contribution in [0.1, 0.15) is 17.0 Å². The van der Waals surface area contributed by atoms with Crippen LogP contribution in [0.5, 0.6) is 0 Å². The molecule has 3 aromatic rings. The van der Waals surface area contributed by atoms with Gasteiger partial charge in [-0.25, -0.2) is 0 Å². The number of anilines is 2. The molecule has 1 heterocycles. The number of para-hydroxylation sites is 1. The molecule has 0 aliphatic heterocycles. The first-order chi connectivity index (χ1) is 13.9. The van der Waals surface area contributed by atoms with Crippen LogP contribution in [0.3, 0.4) is 0 Å². The normalized spacial score (nSPS) is 10.6. The van der Waals surface area contributed by atoms with Gasteiger partial charge in [0.05, 0.1) is 12.2 Å². The number of aromatic nitrogens is 3. The topological polar surface area (TPSA) is 88.9 Å². The lowest BCUT2D eigenvalue weighted by Gasteiger charge is -2.08. The van der Waals surface area contributed by atoms with Crippen LogP contribution in [0.15, 0.2) is 53.7 Å². The average molecular weight is 410 g/mol. The minimum absolute atomic E-state index is 0.105. The summed E-state index contributed by atoms with van der Waals surface area (Å²) in [4.78, 5) is 24.5. The molecule has 2 amide bonds. The predicted molar refractivity (Wildman–Crippen MR) is 115 cm³/mol. The quantitative estimate of drug-likeness (QED) is 0.584. The smallest absolute Gasteiger partial charge is 0.234 e. The van der Waals surface area contributed by atoms with Crippen molar-refractivity contribution >= 4 is 35.0 Å². The zero-order chi connectivity index (χ0) is 20.8. The van der Waals surface area contributed by atoms with Gasteiger partial charge < -0.3 is 15.2 Å². The van der Waals surface area contributed by atoms with Crippen molar-refractivity contribution in [3.8, 4) is 0 Å². The second kappa shape index (κ2) is 9.38. The van der Waals surface area contributed by atoms with Gasteiger partial charge in [0.1, 0.15) is 5.82 Å². The average Bonchev–Trinajstić information content (AvgIpc) is 3.03. The molecule has 0 radical (unpaired) electrons. The van der Waals surface area contributed by atoms with E-state index in [0.717, 1.165) is 22.5 Å². The highest BCUT2D eigenvalue weighted by Crippen LogP contribution is 2.18. The van der Waals surface area contributed by atoms with Crippen molar-refractivity contribution in [2.75, 3.05) is 16.4 Å². The molecular formula is C21H23N5O2S. The Hall–Kier alpha value is -3.13. The lowest BCUT2D eigenvalue weighted by atomic mass is 10.2. The van der Waals surface area contributed by atoms with Gasteiger partial charge in [-0.1, -0.05) is 47.7 Å². The fourth-order valence-corrected chi connectivity index (χ4v) is 3.37. The molecule has 0 spiro atoms. The van der Waals surface area contributed by atoms with E-state index >= 15 is 0 Å². The highest BCUT2D eigenvalue weighted by Gasteiger charge is 2.15. The summed E-state index contributed by atoms with van der Waals surface area (Å²) < 4.78 is 1.74. The van der Waals surface area contributed by atoms with Gasteiger partial charge in [-0.05, 0) is 37.6 Å². The summed E-state index contributed by atoms with van der Waals surface area (Å²) in [5.41, 5.74) is 3.67. The van der Waals surface area contributed by atoms with Crippen LogP contribution in [-0.4, -0.2) is 32.3 Å². The molecule has 150 valence electrons. The second-order valence-electron chi connectivity index (χ2n) is 6.70. The minimum Gasteiger partial charge on any atom is -0.325 e. The van der Waals surface area contributed by atoms with E-state index in [2.05, 4.69) is 20.8 Å². The van der Waals surface area contributed by atoms with Crippen LogP contribution in [0.25, 0.3) is 0 Å². The van der Waals surface area contributed by atoms with Crippen molar-refractivity contribution in [3.05, 3.63) is 65.5 Å². The lowest BCUT2D eigenvalue weighted by molar-refractivity contribution is -0.116. The van der Waals surface area contributed by atoms with Crippen LogP contribution in [0.2, 0.25) is 0 Å². The van der Waals surface area contributed by atoms with E-state index in [1.54, 1.807) is 11.6 Å². The number of thioether (sulfide) groups is 1. The fraction of sp³-hybridized carbons (Fsp3) is 0.238. The Morgan fingerprint density at radius 1 is 0.966 bits per heavy atom. The molecule has 29 heavy (non-hydrogen) atoms. The lowest BCUT2D eigenvalue weighted by Crippen LogP contribution is -2.17. The molecule has 0 unspecified atom stereocenters. The largest absolute Gasteiger partial charge is 0.325 e. The van der Waals surface area contributed by atoms with Crippen molar-refractivity contribution in [1.82, 2.24) is 14.8 Å². The van der Waals surface area contributed by atoms with Gasteiger partial charge in [-0.15, -0.1) is 10.2 Å². The number of amides is 2. The summed E-state index contributed by atoms with van der Waals surface area (Å²) in [6, 6.07) is 15.2. The predicted octanol–water partition coefficient (Wildman–Crippen LogP) is 3.34. The van der Waals surface area contributed by atoms with E-state index in [4.69, 9.17) is 0 Å². The first kappa shape index (κ1) is 20.6. The molecule has 0 aliphatic rings. The summed E-state index contributed by atoms with van der Waals surface area (Å²) in [5.74, 6) is 0.455. The highest BCUT2D eigenvalue weighted by molar-refractivity contribution is 7.99. The number of benzene rings is 2. The third-order valence-electron chi connectivity index (χ3n) is 4.33. The van der Waals surface area contributed by atoms with E-state index < -0.39 is 0 Å². The van der Waals surface area contributed by atoms with Gasteiger partial charge in [0.25, 0.3) is 0 Å². The van der Waals surface area contributed by atoms with E-state index in [1.165, 1.54) is 11.8 Å². The maximum atomic E-state index is 12.3. The second-order valence-corrected chi connectivity index (χ2v) is 7.64. The number of hydrogen-bond donors (Lipinski definition) is 2. The summed E-state index contributed by atoms with van der Waals surface area (Å²) in [5, 5.41) is 14.5. The Balaban J connectivity index is 1.53. The third-order valence-corrected chi connectivity index (χ3v) is 5.35. The van der Waals surface area contributed by atoms with Crippen molar-refractivity contribution in [2.24, 2.45) is 7.05 Å². The van der Waals surface area contributed by atoms with Gasteiger partial charge in [-0.2, -0.15) is 0 Å². The summed E-state index contributed by atoms with van der Waals surface area (Å²) >= 11 is 1.28. The van der Waals surface area contributed by atoms with Crippen LogP contribution < -0.4 is 10.6 Å². The van der Waals surface area contributed by atoms with E-state index in [0.29, 0.717) is 11.0 Å². The van der Waals surface area contributed by atoms with Gasteiger partial charge in [0.15, 0.2) is 5.16 Å². The SMILES string of the molecule is Cc1ccc(NC(=O)CSc2nnc(CC(=O)Nc3ccccc3C)n2C)cc1. The Bertz CT molecular complexity index is 1010. The number of aryl methyl sites for hydroxylation is 2. The summed E-state index contributed by atoms with van der Waals surface area (Å²) in [6.07, 6.45) is 0.105. The molecule has 7 nitrogen and oxygen atoms in total. The Labute approximate surface area is 173 Å². The number of carbonyl (C=O) groups is 2. The van der Waals surface area contributed by atoms with Gasteiger partial charge in [-0.3, -0.25) is 9.59 Å². The number of nitrogens with one attached hydrogen (secondary N) is 2. The molecule has 1 aromatic heterocycles. The Morgan fingerprint density at radius 2 is 1.69 bits per heavy atom. The van der Waals surface area contributed by atoms with Crippen LogP contribution in [-0.2, 0) is 23.1 Å². The molecule has 0 saturated carbocycles. The fourth-order valence-electron chi connectivity index (χ4n) is 2.64. The highest BCUT2D eigenvalue weighted by atomic mass is 32.2. The van der Waals surface area contributed by atoms with Crippen molar-refractivity contribution in [3.63, 3.8) is 0 Å². The van der Waals surface area contributed by atoms with E-state index in [1.807, 2.05) is 62.4 Å². The molecule has 0 atom stereocenters. The maximum absolute atomic E-state index is 12.3. The number of hydrogen-bond acceptors (Lipinski definition) is 5. The molecule has 0 fully saturated rings. The van der Waals surface area contributed by atoms with Gasteiger partial charge in [0.2, 0.25) is 11.8 Å².